The summed E-state index contributed by atoms with van der Waals surface area (Å²) in [5.41, 5.74) is 0.549. The number of rotatable bonds is 8. The van der Waals surface area contributed by atoms with E-state index in [0.717, 1.165) is 0 Å². The van der Waals surface area contributed by atoms with Gasteiger partial charge < -0.3 is 25.7 Å². The van der Waals surface area contributed by atoms with Crippen molar-refractivity contribution in [2.45, 2.75) is 65.1 Å². The molecule has 1 aromatic carbocycles. The number of carbonyl (C=O) groups excluding carboxylic acids is 3. The van der Waals surface area contributed by atoms with Crippen LogP contribution >= 0.6 is 11.6 Å². The van der Waals surface area contributed by atoms with Crippen LogP contribution in [-0.4, -0.2) is 47.9 Å². The number of nitrogens with zero attached hydrogens (tertiary/aromatic N) is 1. The first-order chi connectivity index (χ1) is 16.4. The van der Waals surface area contributed by atoms with Crippen molar-refractivity contribution in [2.24, 2.45) is 11.3 Å². The zero-order valence-electron chi connectivity index (χ0n) is 20.6. The number of fused-ring (bicyclic) bond motifs is 1. The fourth-order valence-corrected chi connectivity index (χ4v) is 4.59. The minimum absolute atomic E-state index is 0.0419. The van der Waals surface area contributed by atoms with Crippen LogP contribution < -0.4 is 20.7 Å². The lowest BCUT2D eigenvalue weighted by Crippen LogP contribution is -2.51. The van der Waals surface area contributed by atoms with E-state index in [1.165, 1.54) is 7.11 Å². The van der Waals surface area contributed by atoms with Gasteiger partial charge in [0.1, 0.15) is 23.5 Å². The van der Waals surface area contributed by atoms with Gasteiger partial charge in [-0.05, 0) is 43.7 Å². The molecule has 188 valence electrons. The maximum Gasteiger partial charge on any atom is 0.268 e. The molecule has 1 aliphatic heterocycles. The van der Waals surface area contributed by atoms with Crippen LogP contribution in [0.1, 0.15) is 57.4 Å². The summed E-state index contributed by atoms with van der Waals surface area (Å²) in [6.07, 6.45) is 1.18. The van der Waals surface area contributed by atoms with Crippen LogP contribution in [0.3, 0.4) is 0 Å². The van der Waals surface area contributed by atoms with E-state index in [-0.39, 0.29) is 35.4 Å². The van der Waals surface area contributed by atoms with Crippen molar-refractivity contribution < 1.29 is 19.1 Å². The summed E-state index contributed by atoms with van der Waals surface area (Å²) in [6.45, 7) is 7.78. The number of aromatic amines is 1. The molecule has 0 bridgehead atoms. The van der Waals surface area contributed by atoms with Gasteiger partial charge in [0.05, 0.1) is 23.7 Å². The van der Waals surface area contributed by atoms with Gasteiger partial charge in [0.25, 0.3) is 5.91 Å². The zero-order chi connectivity index (χ0) is 25.9. The van der Waals surface area contributed by atoms with E-state index in [9.17, 15) is 19.6 Å². The summed E-state index contributed by atoms with van der Waals surface area (Å²) >= 11 is 6.30. The second kappa shape index (κ2) is 10.6. The molecule has 35 heavy (non-hydrogen) atoms. The zero-order valence-corrected chi connectivity index (χ0v) is 21.4. The Bertz CT molecular complexity index is 1160. The fourth-order valence-electron chi connectivity index (χ4n) is 4.33. The summed E-state index contributed by atoms with van der Waals surface area (Å²) < 4.78 is 5.23. The SMILES string of the molecule is COc1cc(Cl)c2[nH]c(C(=O)NC(CC(C)(C)C)C(=O)N[C@H](C#N)C[C@@H]3CC(C)NC3=O)cc2c1. The fraction of sp³-hybridized carbons (Fsp3) is 0.520. The highest BCUT2D eigenvalue weighted by atomic mass is 35.5. The Hall–Kier alpha value is -3.25. The largest absolute Gasteiger partial charge is 0.497 e. The highest BCUT2D eigenvalue weighted by molar-refractivity contribution is 6.35. The van der Waals surface area contributed by atoms with Gasteiger partial charge in [-0.15, -0.1) is 0 Å². The Kier molecular flexibility index (Phi) is 7.96. The number of nitrogens with one attached hydrogen (secondary N) is 4. The molecule has 0 radical (unpaired) electrons. The predicted molar refractivity (Wildman–Crippen MR) is 133 cm³/mol. The first kappa shape index (κ1) is 26.4. The Labute approximate surface area is 209 Å². The second-order valence-electron chi connectivity index (χ2n) is 10.3. The van der Waals surface area contributed by atoms with Crippen LogP contribution in [0.5, 0.6) is 5.75 Å². The number of benzene rings is 1. The average molecular weight is 502 g/mol. The van der Waals surface area contributed by atoms with Crippen molar-refractivity contribution in [1.82, 2.24) is 20.9 Å². The normalized spacial score (nSPS) is 19.5. The molecule has 3 amide bonds. The number of ether oxygens (including phenoxy) is 1. The molecule has 10 heteroatoms. The van der Waals surface area contributed by atoms with E-state index in [0.29, 0.717) is 34.5 Å². The van der Waals surface area contributed by atoms with E-state index in [4.69, 9.17) is 16.3 Å². The molecule has 0 aliphatic carbocycles. The van der Waals surface area contributed by atoms with Crippen LogP contribution in [0.25, 0.3) is 10.9 Å². The van der Waals surface area contributed by atoms with Crippen LogP contribution in [0.4, 0.5) is 0 Å². The van der Waals surface area contributed by atoms with E-state index < -0.39 is 23.9 Å². The lowest BCUT2D eigenvalue weighted by molar-refractivity contribution is -0.125. The van der Waals surface area contributed by atoms with Crippen molar-refractivity contribution in [3.8, 4) is 11.8 Å². The second-order valence-corrected chi connectivity index (χ2v) is 10.7. The Balaban J connectivity index is 1.75. The Morgan fingerprint density at radius 2 is 2.00 bits per heavy atom. The topological polar surface area (TPSA) is 136 Å². The van der Waals surface area contributed by atoms with Gasteiger partial charge in [0.15, 0.2) is 0 Å². The third-order valence-corrected chi connectivity index (χ3v) is 6.26. The van der Waals surface area contributed by atoms with E-state index >= 15 is 0 Å². The number of nitriles is 1. The Morgan fingerprint density at radius 1 is 1.29 bits per heavy atom. The highest BCUT2D eigenvalue weighted by Gasteiger charge is 2.34. The van der Waals surface area contributed by atoms with Gasteiger partial charge in [-0.3, -0.25) is 14.4 Å². The molecule has 2 unspecified atom stereocenters. The quantitative estimate of drug-likeness (QED) is 0.440. The third kappa shape index (κ3) is 6.67. The lowest BCUT2D eigenvalue weighted by Gasteiger charge is -2.27. The van der Waals surface area contributed by atoms with Crippen LogP contribution in [0.15, 0.2) is 18.2 Å². The number of H-pyrrole nitrogens is 1. The van der Waals surface area contributed by atoms with E-state index in [1.54, 1.807) is 18.2 Å². The molecule has 1 aliphatic rings. The number of hydrogen-bond donors (Lipinski definition) is 4. The van der Waals surface area contributed by atoms with Crippen molar-refractivity contribution in [1.29, 1.82) is 5.26 Å². The molecule has 2 aromatic rings. The molecule has 2 heterocycles. The number of carbonyl (C=O) groups is 3. The van der Waals surface area contributed by atoms with Crippen molar-refractivity contribution >= 4 is 40.2 Å². The average Bonchev–Trinajstić information content (AvgIpc) is 3.34. The van der Waals surface area contributed by atoms with Gasteiger partial charge in [0, 0.05) is 23.4 Å². The van der Waals surface area contributed by atoms with Gasteiger partial charge in [0.2, 0.25) is 11.8 Å². The van der Waals surface area contributed by atoms with Crippen LogP contribution in [0, 0.1) is 22.7 Å². The summed E-state index contributed by atoms with van der Waals surface area (Å²) in [5, 5.41) is 19.0. The molecule has 3 rings (SSSR count). The highest BCUT2D eigenvalue weighted by Crippen LogP contribution is 2.29. The summed E-state index contributed by atoms with van der Waals surface area (Å²) in [5.74, 6) is -0.828. The van der Waals surface area contributed by atoms with Gasteiger partial charge >= 0.3 is 0 Å². The van der Waals surface area contributed by atoms with Crippen LogP contribution in [0.2, 0.25) is 5.02 Å². The predicted octanol–water partition coefficient (Wildman–Crippen LogP) is 3.29. The van der Waals surface area contributed by atoms with Gasteiger partial charge in [-0.2, -0.15) is 5.26 Å². The maximum atomic E-state index is 13.2. The number of amides is 3. The van der Waals surface area contributed by atoms with Crippen LogP contribution in [-0.2, 0) is 9.59 Å². The molecule has 9 nitrogen and oxygen atoms in total. The summed E-state index contributed by atoms with van der Waals surface area (Å²) in [4.78, 5) is 41.3. The minimum Gasteiger partial charge on any atom is -0.497 e. The molecular formula is C25H32ClN5O4. The molecule has 4 atom stereocenters. The first-order valence-electron chi connectivity index (χ1n) is 11.6. The molecule has 1 fully saturated rings. The van der Waals surface area contributed by atoms with Crippen molar-refractivity contribution in [2.75, 3.05) is 7.11 Å². The number of halogens is 1. The molecule has 4 N–H and O–H groups in total. The summed E-state index contributed by atoms with van der Waals surface area (Å²) in [7, 11) is 1.53. The summed E-state index contributed by atoms with van der Waals surface area (Å²) in [6, 6.07) is 5.43. The Morgan fingerprint density at radius 3 is 2.57 bits per heavy atom. The van der Waals surface area contributed by atoms with Gasteiger partial charge in [-0.25, -0.2) is 0 Å². The smallest absolute Gasteiger partial charge is 0.268 e. The molecule has 0 saturated carbocycles. The van der Waals surface area contributed by atoms with Crippen molar-refractivity contribution in [3.05, 3.63) is 28.9 Å². The number of hydrogen-bond acceptors (Lipinski definition) is 5. The lowest BCUT2D eigenvalue weighted by atomic mass is 9.87. The van der Waals surface area contributed by atoms with Gasteiger partial charge in [-0.1, -0.05) is 32.4 Å². The molecular weight excluding hydrogens is 470 g/mol. The van der Waals surface area contributed by atoms with E-state index in [1.807, 2.05) is 27.7 Å². The number of aromatic nitrogens is 1. The molecule has 0 spiro atoms. The van der Waals surface area contributed by atoms with Crippen molar-refractivity contribution in [3.63, 3.8) is 0 Å². The first-order valence-corrected chi connectivity index (χ1v) is 12.0. The molecule has 1 saturated heterocycles. The standard InChI is InChI=1S/C25H32ClN5O4/c1-13-6-15(22(32)28-13)7-16(12-27)29-24(34)20(11-25(2,3)4)31-23(33)19-9-14-8-17(35-5)10-18(26)21(14)30-19/h8-10,13,15-16,20,30H,6-7,11H2,1-5H3,(H,28,32)(H,29,34)(H,31,33)/t13?,15-,16-,20?/m0/s1. The minimum atomic E-state index is -0.883. The maximum absolute atomic E-state index is 13.2. The number of methoxy groups -OCH3 is 1. The monoisotopic (exact) mass is 501 g/mol. The third-order valence-electron chi connectivity index (χ3n) is 5.96. The molecule has 1 aromatic heterocycles. The van der Waals surface area contributed by atoms with E-state index in [2.05, 4.69) is 27.0 Å².